The number of benzene rings is 1. The molecule has 0 saturated heterocycles. The Balaban J connectivity index is 2.51. The monoisotopic (exact) mass is 238 g/mol. The van der Waals surface area contributed by atoms with Crippen LogP contribution in [-0.2, 0) is 6.42 Å². The minimum atomic E-state index is -0.0694. The van der Waals surface area contributed by atoms with Crippen molar-refractivity contribution in [3.63, 3.8) is 0 Å². The van der Waals surface area contributed by atoms with E-state index < -0.39 is 0 Å². The van der Waals surface area contributed by atoms with Crippen molar-refractivity contribution in [2.75, 3.05) is 27.4 Å². The van der Waals surface area contributed by atoms with Gasteiger partial charge in [-0.3, -0.25) is 0 Å². The van der Waals surface area contributed by atoms with Crippen molar-refractivity contribution in [2.45, 2.75) is 12.3 Å². The minimum absolute atomic E-state index is 0.0156. The molecule has 4 nitrogen and oxygen atoms in total. The number of aliphatic hydroxyl groups is 2. The van der Waals surface area contributed by atoms with Crippen molar-refractivity contribution in [3.05, 3.63) is 23.3 Å². The second-order valence-electron chi connectivity index (χ2n) is 4.31. The Hall–Kier alpha value is -1.26. The second-order valence-corrected chi connectivity index (χ2v) is 4.31. The second kappa shape index (κ2) is 4.94. The van der Waals surface area contributed by atoms with Crippen LogP contribution in [-0.4, -0.2) is 37.6 Å². The van der Waals surface area contributed by atoms with E-state index >= 15 is 0 Å². The standard InChI is InChI=1S/C13H18O4/c1-16-11-4-3-8-5-9(6-14)10(7-15)12(8)13(11)17-2/h3-4,9-10,14-15H,5-7H2,1-2H3/t9-,10+/m1/s1. The zero-order valence-electron chi connectivity index (χ0n) is 10.1. The van der Waals surface area contributed by atoms with E-state index in [-0.39, 0.29) is 25.0 Å². The molecule has 0 amide bonds. The van der Waals surface area contributed by atoms with Gasteiger partial charge in [-0.1, -0.05) is 6.07 Å². The van der Waals surface area contributed by atoms with Gasteiger partial charge in [-0.2, -0.15) is 0 Å². The van der Waals surface area contributed by atoms with E-state index in [9.17, 15) is 10.2 Å². The molecule has 0 aromatic heterocycles. The summed E-state index contributed by atoms with van der Waals surface area (Å²) in [4.78, 5) is 0. The van der Waals surface area contributed by atoms with Gasteiger partial charge in [-0.05, 0) is 24.0 Å². The number of rotatable bonds is 4. The summed E-state index contributed by atoms with van der Waals surface area (Å²) in [5, 5.41) is 18.8. The molecule has 0 fully saturated rings. The third-order valence-corrected chi connectivity index (χ3v) is 3.53. The zero-order chi connectivity index (χ0) is 12.4. The lowest BCUT2D eigenvalue weighted by molar-refractivity contribution is 0.168. The number of fused-ring (bicyclic) bond motifs is 1. The molecule has 0 unspecified atom stereocenters. The van der Waals surface area contributed by atoms with Crippen molar-refractivity contribution in [1.29, 1.82) is 0 Å². The summed E-state index contributed by atoms with van der Waals surface area (Å²) in [5.74, 6) is 1.35. The van der Waals surface area contributed by atoms with Gasteiger partial charge in [0.2, 0.25) is 0 Å². The fourth-order valence-corrected chi connectivity index (χ4v) is 2.67. The molecule has 1 aliphatic rings. The number of hydrogen-bond acceptors (Lipinski definition) is 4. The van der Waals surface area contributed by atoms with Crippen molar-refractivity contribution in [1.82, 2.24) is 0 Å². The number of ether oxygens (including phenoxy) is 2. The SMILES string of the molecule is COc1ccc2c(c1OC)[C@@H](CO)[C@@H](CO)C2. The van der Waals surface area contributed by atoms with Crippen LogP contribution in [0.3, 0.4) is 0 Å². The number of hydrogen-bond donors (Lipinski definition) is 2. The molecule has 2 N–H and O–H groups in total. The molecule has 0 saturated carbocycles. The molecule has 2 atom stereocenters. The van der Waals surface area contributed by atoms with Crippen LogP contribution in [0.2, 0.25) is 0 Å². The van der Waals surface area contributed by atoms with E-state index in [1.165, 1.54) is 0 Å². The molecule has 17 heavy (non-hydrogen) atoms. The summed E-state index contributed by atoms with van der Waals surface area (Å²) in [6.07, 6.45) is 0.775. The Morgan fingerprint density at radius 3 is 2.47 bits per heavy atom. The summed E-state index contributed by atoms with van der Waals surface area (Å²) in [6.45, 7) is 0.0904. The molecule has 4 heteroatoms. The van der Waals surface area contributed by atoms with Crippen LogP contribution in [0.5, 0.6) is 11.5 Å². The predicted octanol–water partition coefficient (Wildman–Crippen LogP) is 0.944. The molecule has 2 rings (SSSR count). The average molecular weight is 238 g/mol. The highest BCUT2D eigenvalue weighted by Gasteiger charge is 2.35. The van der Waals surface area contributed by atoms with Crippen molar-refractivity contribution >= 4 is 0 Å². The fourth-order valence-electron chi connectivity index (χ4n) is 2.67. The van der Waals surface area contributed by atoms with Crippen LogP contribution >= 0.6 is 0 Å². The molecule has 0 heterocycles. The lowest BCUT2D eigenvalue weighted by Gasteiger charge is -2.18. The van der Waals surface area contributed by atoms with Gasteiger partial charge < -0.3 is 19.7 Å². The van der Waals surface area contributed by atoms with Gasteiger partial charge in [0, 0.05) is 18.1 Å². The molecule has 0 bridgehead atoms. The first kappa shape index (κ1) is 12.2. The van der Waals surface area contributed by atoms with Gasteiger partial charge in [0.15, 0.2) is 11.5 Å². The smallest absolute Gasteiger partial charge is 0.164 e. The highest BCUT2D eigenvalue weighted by atomic mass is 16.5. The van der Waals surface area contributed by atoms with E-state index in [0.717, 1.165) is 17.5 Å². The average Bonchev–Trinajstić information content (AvgIpc) is 2.74. The normalized spacial score (nSPS) is 22.4. The summed E-state index contributed by atoms with van der Waals surface area (Å²) in [7, 11) is 3.19. The molecular weight excluding hydrogens is 220 g/mol. The summed E-state index contributed by atoms with van der Waals surface area (Å²) >= 11 is 0. The van der Waals surface area contributed by atoms with Crippen LogP contribution < -0.4 is 9.47 Å². The first-order chi connectivity index (χ1) is 8.26. The van der Waals surface area contributed by atoms with Gasteiger partial charge in [-0.25, -0.2) is 0 Å². The van der Waals surface area contributed by atoms with E-state index in [0.29, 0.717) is 11.5 Å². The lowest BCUT2D eigenvalue weighted by atomic mass is 9.93. The maximum Gasteiger partial charge on any atom is 0.164 e. The molecule has 94 valence electrons. The fraction of sp³-hybridized carbons (Fsp3) is 0.538. The van der Waals surface area contributed by atoms with Gasteiger partial charge in [-0.15, -0.1) is 0 Å². The van der Waals surface area contributed by atoms with Crippen LogP contribution in [0.25, 0.3) is 0 Å². The predicted molar refractivity (Wildman–Crippen MR) is 63.7 cm³/mol. The molecule has 1 aromatic rings. The van der Waals surface area contributed by atoms with Gasteiger partial charge in [0.1, 0.15) is 0 Å². The highest BCUT2D eigenvalue weighted by molar-refractivity contribution is 5.55. The van der Waals surface area contributed by atoms with Gasteiger partial charge in [0.05, 0.1) is 20.8 Å². The van der Waals surface area contributed by atoms with Crippen LogP contribution in [0, 0.1) is 5.92 Å². The van der Waals surface area contributed by atoms with Crippen molar-refractivity contribution < 1.29 is 19.7 Å². The quantitative estimate of drug-likeness (QED) is 0.819. The van der Waals surface area contributed by atoms with E-state index in [4.69, 9.17) is 9.47 Å². The first-order valence-electron chi connectivity index (χ1n) is 5.72. The van der Waals surface area contributed by atoms with Gasteiger partial charge in [0.25, 0.3) is 0 Å². The molecule has 0 radical (unpaired) electrons. The summed E-state index contributed by atoms with van der Waals surface area (Å²) in [6, 6.07) is 3.85. The molecule has 0 spiro atoms. The van der Waals surface area contributed by atoms with Crippen molar-refractivity contribution in [3.8, 4) is 11.5 Å². The number of methoxy groups -OCH3 is 2. The van der Waals surface area contributed by atoms with Crippen LogP contribution in [0.4, 0.5) is 0 Å². The first-order valence-corrected chi connectivity index (χ1v) is 5.72. The lowest BCUT2D eigenvalue weighted by Crippen LogP contribution is -2.16. The maximum atomic E-state index is 9.49. The number of aliphatic hydroxyl groups excluding tert-OH is 2. The third-order valence-electron chi connectivity index (χ3n) is 3.53. The van der Waals surface area contributed by atoms with Gasteiger partial charge >= 0.3 is 0 Å². The molecular formula is C13H18O4. The molecule has 0 aliphatic heterocycles. The minimum Gasteiger partial charge on any atom is -0.493 e. The Kier molecular flexibility index (Phi) is 3.54. The topological polar surface area (TPSA) is 58.9 Å². The third kappa shape index (κ3) is 1.87. The van der Waals surface area contributed by atoms with Crippen LogP contribution in [0.1, 0.15) is 17.0 Å². The Morgan fingerprint density at radius 1 is 1.18 bits per heavy atom. The van der Waals surface area contributed by atoms with E-state index in [1.807, 2.05) is 12.1 Å². The Morgan fingerprint density at radius 2 is 1.94 bits per heavy atom. The largest absolute Gasteiger partial charge is 0.493 e. The highest BCUT2D eigenvalue weighted by Crippen LogP contribution is 2.46. The summed E-state index contributed by atoms with van der Waals surface area (Å²) < 4.78 is 10.6. The zero-order valence-corrected chi connectivity index (χ0v) is 10.1. The van der Waals surface area contributed by atoms with E-state index in [2.05, 4.69) is 0 Å². The molecule has 1 aromatic carbocycles. The molecule has 1 aliphatic carbocycles. The Bertz CT molecular complexity index is 403. The van der Waals surface area contributed by atoms with E-state index in [1.54, 1.807) is 14.2 Å². The maximum absolute atomic E-state index is 9.49. The van der Waals surface area contributed by atoms with Crippen LogP contribution in [0.15, 0.2) is 12.1 Å². The summed E-state index contributed by atoms with van der Waals surface area (Å²) in [5.41, 5.74) is 2.11. The van der Waals surface area contributed by atoms with Crippen molar-refractivity contribution in [2.24, 2.45) is 5.92 Å². The Labute approximate surface area is 101 Å².